The first-order valence-electron chi connectivity index (χ1n) is 5.53. The molecule has 0 spiro atoms. The van der Waals surface area contributed by atoms with E-state index < -0.39 is 30.5 Å². The van der Waals surface area contributed by atoms with Crippen molar-refractivity contribution in [3.8, 4) is 0 Å². The van der Waals surface area contributed by atoms with Crippen LogP contribution in [0.3, 0.4) is 0 Å². The summed E-state index contributed by atoms with van der Waals surface area (Å²) in [4.78, 5) is 23.9. The van der Waals surface area contributed by atoms with Gasteiger partial charge in [-0.15, -0.1) is 0 Å². The van der Waals surface area contributed by atoms with Gasteiger partial charge in [0.05, 0.1) is 11.6 Å². The normalized spacial score (nSPS) is 19.8. The Hall–Kier alpha value is -1.57. The molecular formula is C11H11F3N2O2S. The van der Waals surface area contributed by atoms with Crippen LogP contribution in [0, 0.1) is 5.92 Å². The third kappa shape index (κ3) is 3.69. The maximum Gasteiger partial charge on any atom is 0.406 e. The summed E-state index contributed by atoms with van der Waals surface area (Å²) in [5.74, 6) is -1.78. The number of alkyl halides is 3. The molecule has 0 saturated carbocycles. The van der Waals surface area contributed by atoms with Gasteiger partial charge in [0, 0.05) is 18.3 Å². The molecule has 2 heterocycles. The number of nitrogens with zero attached hydrogens (tertiary/aromatic N) is 1. The summed E-state index contributed by atoms with van der Waals surface area (Å²) in [5.41, 5.74) is 0.594. The van der Waals surface area contributed by atoms with E-state index in [-0.39, 0.29) is 13.0 Å². The van der Waals surface area contributed by atoms with E-state index in [9.17, 15) is 22.8 Å². The van der Waals surface area contributed by atoms with Gasteiger partial charge in [0.15, 0.2) is 0 Å². The molecule has 1 aliphatic heterocycles. The van der Waals surface area contributed by atoms with Crippen LogP contribution in [0.4, 0.5) is 18.9 Å². The summed E-state index contributed by atoms with van der Waals surface area (Å²) in [5, 5.41) is 6.06. The Bertz CT molecular complexity index is 473. The second-order valence-corrected chi connectivity index (χ2v) is 5.07. The molecule has 1 N–H and O–H groups in total. The highest BCUT2D eigenvalue weighted by Crippen LogP contribution is 2.25. The largest absolute Gasteiger partial charge is 0.406 e. The van der Waals surface area contributed by atoms with Crippen LogP contribution in [0.25, 0.3) is 0 Å². The zero-order chi connectivity index (χ0) is 14.0. The van der Waals surface area contributed by atoms with Gasteiger partial charge in [0.25, 0.3) is 0 Å². The van der Waals surface area contributed by atoms with Crippen molar-refractivity contribution in [3.63, 3.8) is 0 Å². The Morgan fingerprint density at radius 3 is 2.84 bits per heavy atom. The van der Waals surface area contributed by atoms with E-state index >= 15 is 0 Å². The first kappa shape index (κ1) is 13.9. The smallest absolute Gasteiger partial charge is 0.333 e. The van der Waals surface area contributed by atoms with Gasteiger partial charge < -0.3 is 10.2 Å². The van der Waals surface area contributed by atoms with Crippen molar-refractivity contribution in [3.05, 3.63) is 16.8 Å². The summed E-state index contributed by atoms with van der Waals surface area (Å²) in [6, 6.07) is 1.69. The van der Waals surface area contributed by atoms with Gasteiger partial charge in [-0.05, 0) is 11.4 Å². The highest BCUT2D eigenvalue weighted by Gasteiger charge is 2.40. The number of nitrogens with one attached hydrogen (secondary N) is 1. The highest BCUT2D eigenvalue weighted by atomic mass is 32.1. The number of hydrogen-bond donors (Lipinski definition) is 1. The van der Waals surface area contributed by atoms with E-state index in [1.807, 2.05) is 0 Å². The molecule has 0 aromatic carbocycles. The van der Waals surface area contributed by atoms with Gasteiger partial charge in [0.1, 0.15) is 6.54 Å². The first-order valence-corrected chi connectivity index (χ1v) is 6.47. The van der Waals surface area contributed by atoms with Crippen LogP contribution in [0.2, 0.25) is 0 Å². The number of thiophene rings is 1. The average Bonchev–Trinajstić information content (AvgIpc) is 2.88. The third-order valence-corrected chi connectivity index (χ3v) is 3.43. The zero-order valence-corrected chi connectivity index (χ0v) is 10.6. The van der Waals surface area contributed by atoms with E-state index in [0.29, 0.717) is 10.6 Å². The molecule has 104 valence electrons. The number of anilines is 1. The number of carbonyl (C=O) groups is 2. The van der Waals surface area contributed by atoms with Crippen molar-refractivity contribution in [1.29, 1.82) is 0 Å². The standard InChI is InChI=1S/C11H11F3N2O2S/c12-11(13,14)6-16-4-7(3-9(16)17)10(18)15-8-1-2-19-5-8/h1-2,5,7H,3-4,6H2,(H,15,18). The summed E-state index contributed by atoms with van der Waals surface area (Å²) in [7, 11) is 0. The summed E-state index contributed by atoms with van der Waals surface area (Å²) in [6.07, 6.45) is -4.61. The molecule has 0 aliphatic carbocycles. The highest BCUT2D eigenvalue weighted by molar-refractivity contribution is 7.08. The van der Waals surface area contributed by atoms with Crippen LogP contribution < -0.4 is 5.32 Å². The van der Waals surface area contributed by atoms with Crippen LogP contribution in [-0.2, 0) is 9.59 Å². The molecule has 8 heteroatoms. The Morgan fingerprint density at radius 2 is 2.26 bits per heavy atom. The van der Waals surface area contributed by atoms with Crippen molar-refractivity contribution in [2.75, 3.05) is 18.4 Å². The van der Waals surface area contributed by atoms with Crippen LogP contribution in [0.1, 0.15) is 6.42 Å². The number of carbonyl (C=O) groups excluding carboxylic acids is 2. The Kier molecular flexibility index (Phi) is 3.79. The fraction of sp³-hybridized carbons (Fsp3) is 0.455. The minimum Gasteiger partial charge on any atom is -0.333 e. The van der Waals surface area contributed by atoms with Crippen molar-refractivity contribution >= 4 is 28.8 Å². The molecule has 0 radical (unpaired) electrons. The van der Waals surface area contributed by atoms with Gasteiger partial charge in [-0.25, -0.2) is 0 Å². The minimum atomic E-state index is -4.44. The molecule has 4 nitrogen and oxygen atoms in total. The topological polar surface area (TPSA) is 49.4 Å². The van der Waals surface area contributed by atoms with Crippen molar-refractivity contribution in [2.45, 2.75) is 12.6 Å². The van der Waals surface area contributed by atoms with Gasteiger partial charge in [-0.1, -0.05) is 0 Å². The molecule has 1 fully saturated rings. The predicted octanol–water partition coefficient (Wildman–Crippen LogP) is 2.10. The van der Waals surface area contributed by atoms with Crippen molar-refractivity contribution in [1.82, 2.24) is 4.90 Å². The first-order chi connectivity index (χ1) is 8.85. The molecule has 1 atom stereocenters. The summed E-state index contributed by atoms with van der Waals surface area (Å²) < 4.78 is 36.7. The van der Waals surface area contributed by atoms with E-state index in [4.69, 9.17) is 0 Å². The zero-order valence-electron chi connectivity index (χ0n) is 9.74. The molecule has 0 bridgehead atoms. The molecule has 1 saturated heterocycles. The summed E-state index contributed by atoms with van der Waals surface area (Å²) in [6.45, 7) is -1.48. The number of hydrogen-bond acceptors (Lipinski definition) is 3. The fourth-order valence-electron chi connectivity index (χ4n) is 1.90. The van der Waals surface area contributed by atoms with E-state index in [0.717, 1.165) is 0 Å². The van der Waals surface area contributed by atoms with Crippen LogP contribution in [0.5, 0.6) is 0 Å². The van der Waals surface area contributed by atoms with Crippen molar-refractivity contribution in [2.24, 2.45) is 5.92 Å². The van der Waals surface area contributed by atoms with E-state index in [1.54, 1.807) is 16.8 Å². The maximum absolute atomic E-state index is 12.2. The molecule has 2 rings (SSSR count). The van der Waals surface area contributed by atoms with Gasteiger partial charge >= 0.3 is 6.18 Å². The lowest BCUT2D eigenvalue weighted by Crippen LogP contribution is -2.36. The van der Waals surface area contributed by atoms with Gasteiger partial charge in [-0.2, -0.15) is 24.5 Å². The predicted molar refractivity (Wildman–Crippen MR) is 63.7 cm³/mol. The number of likely N-dealkylation sites (tertiary alicyclic amines) is 1. The molecule has 1 aromatic heterocycles. The quantitative estimate of drug-likeness (QED) is 0.927. The van der Waals surface area contributed by atoms with Crippen molar-refractivity contribution < 1.29 is 22.8 Å². The number of amides is 2. The molecule has 2 amide bonds. The summed E-state index contributed by atoms with van der Waals surface area (Å²) >= 11 is 1.39. The second kappa shape index (κ2) is 5.20. The Labute approximate surface area is 111 Å². The van der Waals surface area contributed by atoms with Crippen LogP contribution >= 0.6 is 11.3 Å². The lowest BCUT2D eigenvalue weighted by molar-refractivity contribution is -0.157. The molecular weight excluding hydrogens is 281 g/mol. The van der Waals surface area contributed by atoms with Crippen LogP contribution in [-0.4, -0.2) is 36.0 Å². The minimum absolute atomic E-state index is 0.175. The molecule has 1 aliphatic rings. The second-order valence-electron chi connectivity index (χ2n) is 4.29. The monoisotopic (exact) mass is 292 g/mol. The van der Waals surface area contributed by atoms with E-state index in [2.05, 4.69) is 5.32 Å². The third-order valence-electron chi connectivity index (χ3n) is 2.74. The fourth-order valence-corrected chi connectivity index (χ4v) is 2.48. The Balaban J connectivity index is 1.93. The maximum atomic E-state index is 12.2. The lowest BCUT2D eigenvalue weighted by atomic mass is 10.1. The van der Waals surface area contributed by atoms with Gasteiger partial charge in [-0.3, -0.25) is 9.59 Å². The lowest BCUT2D eigenvalue weighted by Gasteiger charge is -2.18. The molecule has 1 unspecified atom stereocenters. The molecule has 19 heavy (non-hydrogen) atoms. The van der Waals surface area contributed by atoms with Gasteiger partial charge in [0.2, 0.25) is 11.8 Å². The average molecular weight is 292 g/mol. The number of halogens is 3. The van der Waals surface area contributed by atoms with E-state index in [1.165, 1.54) is 11.3 Å². The Morgan fingerprint density at radius 1 is 1.53 bits per heavy atom. The van der Waals surface area contributed by atoms with Crippen LogP contribution in [0.15, 0.2) is 16.8 Å². The molecule has 1 aromatic rings. The number of rotatable bonds is 3. The SMILES string of the molecule is O=C(Nc1ccsc1)C1CC(=O)N(CC(F)(F)F)C1.